The van der Waals surface area contributed by atoms with Crippen LogP contribution in [0.4, 0.5) is 0 Å². The Labute approximate surface area is 455 Å². The van der Waals surface area contributed by atoms with Gasteiger partial charge in [-0.15, -0.1) is 0 Å². The molecule has 9 unspecified atom stereocenters. The van der Waals surface area contributed by atoms with Gasteiger partial charge in [-0.2, -0.15) is 0 Å². The van der Waals surface area contributed by atoms with Crippen LogP contribution in [0.3, 0.4) is 0 Å². The normalized spacial score (nSPS) is 51.4. The lowest BCUT2D eigenvalue weighted by Gasteiger charge is -2.67. The third-order valence-corrected chi connectivity index (χ3v) is 20.8. The zero-order valence-electron chi connectivity index (χ0n) is 46.1. The zero-order chi connectivity index (χ0) is 57.5. The summed E-state index contributed by atoms with van der Waals surface area (Å²) in [5.74, 6) is 0.223. The minimum Gasteiger partial charge on any atom is -0.394 e. The van der Waals surface area contributed by atoms with Gasteiger partial charge < -0.3 is 120 Å². The molecule has 7 fully saturated rings. The Kier molecular flexibility index (Phi) is 19.1. The molecule has 0 aromatic carbocycles. The molecule has 78 heavy (non-hydrogen) atoms. The van der Waals surface area contributed by atoms with Crippen LogP contribution in [0, 0.1) is 45.3 Å². The molecule has 16 N–H and O–H groups in total. The Morgan fingerprint density at radius 2 is 1.09 bits per heavy atom. The Balaban J connectivity index is 0.987. The lowest BCUT2D eigenvalue weighted by Crippen LogP contribution is -2.65. The van der Waals surface area contributed by atoms with Gasteiger partial charge in [0, 0.05) is 10.8 Å². The number of ether oxygens (including phenoxy) is 8. The van der Waals surface area contributed by atoms with Crippen molar-refractivity contribution >= 4 is 0 Å². The molecule has 452 valence electrons. The Hall–Kier alpha value is -1.22. The highest BCUT2D eigenvalue weighted by Gasteiger charge is 2.70. The molecule has 4 heterocycles. The summed E-state index contributed by atoms with van der Waals surface area (Å²) in [6.07, 6.45) is -27.6. The van der Waals surface area contributed by atoms with Crippen molar-refractivity contribution in [3.63, 3.8) is 0 Å². The van der Waals surface area contributed by atoms with E-state index < -0.39 is 184 Å². The highest BCUT2D eigenvalue weighted by molar-refractivity contribution is 5.32. The first-order valence-corrected chi connectivity index (χ1v) is 28.0. The van der Waals surface area contributed by atoms with E-state index in [1.165, 1.54) is 13.8 Å². The van der Waals surface area contributed by atoms with Crippen molar-refractivity contribution in [2.24, 2.45) is 45.3 Å². The monoisotopic (exact) mass is 1120 g/mol. The van der Waals surface area contributed by atoms with Crippen molar-refractivity contribution in [2.45, 2.75) is 253 Å². The van der Waals surface area contributed by atoms with Crippen LogP contribution in [0.1, 0.15) is 107 Å². The van der Waals surface area contributed by atoms with Gasteiger partial charge in [0.25, 0.3) is 0 Å². The number of hydrogen-bond donors (Lipinski definition) is 16. The second-order valence-electron chi connectivity index (χ2n) is 25.9. The lowest BCUT2D eigenvalue weighted by molar-refractivity contribution is -0.380. The molecule has 0 spiro atoms. The molecule has 0 aromatic rings. The minimum absolute atomic E-state index is 0.00555. The molecule has 8 aliphatic rings. The van der Waals surface area contributed by atoms with Crippen LogP contribution >= 0.6 is 0 Å². The number of aliphatic hydroxyl groups excluding tert-OH is 15. The van der Waals surface area contributed by atoms with Crippen molar-refractivity contribution in [1.29, 1.82) is 0 Å². The molecule has 4 aliphatic carbocycles. The molecular weight excluding hydrogens is 1030 g/mol. The second kappa shape index (κ2) is 23.7. The molecule has 30 atom stereocenters. The minimum atomic E-state index is -1.93. The largest absolute Gasteiger partial charge is 0.394 e. The summed E-state index contributed by atoms with van der Waals surface area (Å²) in [4.78, 5) is 0. The van der Waals surface area contributed by atoms with E-state index >= 15 is 0 Å². The summed E-state index contributed by atoms with van der Waals surface area (Å²) in [5, 5.41) is 172. The van der Waals surface area contributed by atoms with Crippen LogP contribution in [-0.2, 0) is 37.9 Å². The fourth-order valence-electron chi connectivity index (χ4n) is 15.6. The molecule has 0 bridgehead atoms. The molecule has 4 aliphatic heterocycles. The molecule has 3 saturated carbocycles. The van der Waals surface area contributed by atoms with E-state index in [0.29, 0.717) is 32.1 Å². The average Bonchev–Trinajstić information content (AvgIpc) is 3.21. The van der Waals surface area contributed by atoms with E-state index in [4.69, 9.17) is 37.9 Å². The van der Waals surface area contributed by atoms with Crippen LogP contribution in [0.2, 0.25) is 0 Å². The first kappa shape index (κ1) is 62.8. The highest BCUT2D eigenvalue weighted by Crippen LogP contribution is 2.75. The fraction of sp³-hybridized carbons (Fsp3) is 0.963. The van der Waals surface area contributed by atoms with Gasteiger partial charge >= 0.3 is 0 Å². The van der Waals surface area contributed by atoms with Crippen LogP contribution in [0.5, 0.6) is 0 Å². The fourth-order valence-corrected chi connectivity index (χ4v) is 15.6. The quantitative estimate of drug-likeness (QED) is 0.0637. The van der Waals surface area contributed by atoms with E-state index in [1.807, 2.05) is 0 Å². The summed E-state index contributed by atoms with van der Waals surface area (Å²) in [6, 6.07) is 0. The lowest BCUT2D eigenvalue weighted by atomic mass is 9.38. The Bertz CT molecular complexity index is 2020. The van der Waals surface area contributed by atoms with Gasteiger partial charge in [0.2, 0.25) is 0 Å². The maximum absolute atomic E-state index is 12.7. The van der Waals surface area contributed by atoms with E-state index in [1.54, 1.807) is 0 Å². The van der Waals surface area contributed by atoms with Crippen LogP contribution in [0.15, 0.2) is 11.6 Å². The molecular formula is C54H92O24. The van der Waals surface area contributed by atoms with Crippen molar-refractivity contribution in [1.82, 2.24) is 0 Å². The molecule has 24 nitrogen and oxygen atoms in total. The topological polar surface area (TPSA) is 398 Å². The predicted molar refractivity (Wildman–Crippen MR) is 268 cm³/mol. The molecule has 4 saturated heterocycles. The Morgan fingerprint density at radius 1 is 0.590 bits per heavy atom. The van der Waals surface area contributed by atoms with E-state index in [0.717, 1.165) is 18.4 Å². The predicted octanol–water partition coefficient (Wildman–Crippen LogP) is -3.23. The van der Waals surface area contributed by atoms with Crippen LogP contribution < -0.4 is 0 Å². The number of allylic oxidation sites excluding steroid dienone is 1. The third-order valence-electron chi connectivity index (χ3n) is 20.8. The number of aliphatic hydroxyl groups is 16. The average molecular weight is 1130 g/mol. The molecule has 24 heteroatoms. The van der Waals surface area contributed by atoms with Crippen molar-refractivity contribution in [3.05, 3.63) is 11.6 Å². The van der Waals surface area contributed by atoms with Gasteiger partial charge in [-0.1, -0.05) is 53.2 Å². The summed E-state index contributed by atoms with van der Waals surface area (Å²) >= 11 is 0. The third kappa shape index (κ3) is 11.0. The summed E-state index contributed by atoms with van der Waals surface area (Å²) in [7, 11) is 0. The molecule has 0 radical (unpaired) electrons. The smallest absolute Gasteiger partial charge is 0.187 e. The van der Waals surface area contributed by atoms with Crippen molar-refractivity contribution in [3.8, 4) is 0 Å². The first-order chi connectivity index (χ1) is 36.4. The van der Waals surface area contributed by atoms with Crippen LogP contribution in [-0.4, -0.2) is 255 Å². The highest BCUT2D eigenvalue weighted by atomic mass is 16.8. The van der Waals surface area contributed by atoms with Gasteiger partial charge in [0.15, 0.2) is 25.2 Å². The van der Waals surface area contributed by atoms with Gasteiger partial charge in [-0.05, 0) is 99.7 Å². The SMILES string of the molecule is C[C@H](CCC(O[C@@H]1OC(CO[C@@H]2OC(CO)[C@@H](O)[C@H](O)C2O)[C@@H](O)C(O)[C@H]1O[C@@H]1O[C@H](CO)C(O)[C@H](O)C1O)C(C)(C)O)[C@H]1CC[C@@]2(C)[C@@H]3CC=C4[C@@H](CC[C@H](O[C@@H]5OC(CO)[C@@H](O)[C@H](O)[C@H]5O)C4(C)C)[C@]3(C)[C@H](O)CC12C. The Morgan fingerprint density at radius 3 is 1.63 bits per heavy atom. The van der Waals surface area contributed by atoms with Crippen molar-refractivity contribution < 1.29 is 120 Å². The number of hydrogen-bond acceptors (Lipinski definition) is 24. The number of rotatable bonds is 17. The molecule has 0 amide bonds. The van der Waals surface area contributed by atoms with E-state index in [-0.39, 0.29) is 40.9 Å². The first-order valence-electron chi connectivity index (χ1n) is 28.0. The zero-order valence-corrected chi connectivity index (χ0v) is 46.1. The van der Waals surface area contributed by atoms with E-state index in [9.17, 15) is 81.7 Å². The number of fused-ring (bicyclic) bond motifs is 5. The van der Waals surface area contributed by atoms with Crippen molar-refractivity contribution in [2.75, 3.05) is 26.4 Å². The summed E-state index contributed by atoms with van der Waals surface area (Å²) in [6.45, 7) is 13.5. The van der Waals surface area contributed by atoms with Crippen LogP contribution in [0.25, 0.3) is 0 Å². The molecule has 0 aromatic heterocycles. The van der Waals surface area contributed by atoms with Gasteiger partial charge in [0.1, 0.15) is 97.7 Å². The maximum atomic E-state index is 12.7. The summed E-state index contributed by atoms with van der Waals surface area (Å²) < 4.78 is 47.7. The van der Waals surface area contributed by atoms with Gasteiger partial charge in [-0.3, -0.25) is 0 Å². The van der Waals surface area contributed by atoms with Gasteiger partial charge in [-0.25, -0.2) is 0 Å². The summed E-state index contributed by atoms with van der Waals surface area (Å²) in [5.41, 5.74) is -2.07. The van der Waals surface area contributed by atoms with Gasteiger partial charge in [0.05, 0.1) is 50.3 Å². The maximum Gasteiger partial charge on any atom is 0.187 e. The van der Waals surface area contributed by atoms with E-state index in [2.05, 4.69) is 47.6 Å². The molecule has 8 rings (SSSR count). The second-order valence-corrected chi connectivity index (χ2v) is 25.9. The standard InChI is InChI=1S/C54H92O24/c1-22(23-15-16-52(6)30-12-10-24-25(54(30,8)31(58)17-53(23,52)7)11-14-32(50(24,2)3)76-47-43(68)39(64)35(60)27(19-56)73-47)9-13-33(51(4,5)70)77-49-45(78-48-44(69)40(65)36(61)28(20-57)74-48)41(66)37(62)29(75-49)21-71-46-42(67)38(63)34(59)26(18-55)72-46/h10,22-23,25-49,55-70H,9,11-21H2,1-8H3/t22-,23-,25-,26?,27?,28-,29?,30+,31-,32+,33?,34-,35-,36?,37-,38+,39+,40+,41?,42?,43-,44?,45-,46-,47+,48+,49+,52+,53?,54+/m1/s1.